The van der Waals surface area contributed by atoms with Crippen LogP contribution >= 0.6 is 45.3 Å². The number of thiophene rings is 4. The number of carbonyl (C=O) groups excluding carboxylic acids is 1. The lowest BCUT2D eigenvalue weighted by molar-refractivity contribution is 0.104. The van der Waals surface area contributed by atoms with Gasteiger partial charge in [0.25, 0.3) is 0 Å². The summed E-state index contributed by atoms with van der Waals surface area (Å²) in [5.74, 6) is 0.238. The molecule has 86 valence electrons. The van der Waals surface area contributed by atoms with Crippen LogP contribution in [0.3, 0.4) is 0 Å². The van der Waals surface area contributed by atoms with E-state index in [1.807, 2.05) is 0 Å². The molecule has 0 aliphatic heterocycles. The van der Waals surface area contributed by atoms with E-state index in [1.54, 1.807) is 45.3 Å². The number of ketones is 1. The molecule has 0 amide bonds. The fraction of sp³-hybridized carbons (Fsp3) is 0. The fourth-order valence-corrected chi connectivity index (χ4v) is 7.35. The minimum Gasteiger partial charge on any atom is -0.288 e. The van der Waals surface area contributed by atoms with Crippen LogP contribution in [0.15, 0.2) is 22.9 Å². The summed E-state index contributed by atoms with van der Waals surface area (Å²) in [7, 11) is 0. The van der Waals surface area contributed by atoms with Crippen LogP contribution in [-0.4, -0.2) is 5.78 Å². The van der Waals surface area contributed by atoms with Gasteiger partial charge in [-0.05, 0) is 22.9 Å². The second-order valence-corrected chi connectivity index (χ2v) is 8.11. The van der Waals surface area contributed by atoms with Crippen LogP contribution in [0.1, 0.15) is 15.9 Å². The quantitative estimate of drug-likeness (QED) is 0.372. The van der Waals surface area contributed by atoms with Gasteiger partial charge >= 0.3 is 0 Å². The molecule has 4 aromatic heterocycles. The van der Waals surface area contributed by atoms with Crippen molar-refractivity contribution >= 4 is 69.9 Å². The van der Waals surface area contributed by atoms with Crippen LogP contribution in [0, 0.1) is 0 Å². The molecule has 0 bridgehead atoms. The normalized spacial score (nSPS) is 13.7. The highest BCUT2D eigenvalue weighted by atomic mass is 32.1. The van der Waals surface area contributed by atoms with Gasteiger partial charge in [0, 0.05) is 9.40 Å². The Morgan fingerprint density at radius 3 is 1.78 bits per heavy atom. The van der Waals surface area contributed by atoms with Crippen molar-refractivity contribution in [1.82, 2.24) is 0 Å². The smallest absolute Gasteiger partial charge is 0.198 e. The fourth-order valence-electron chi connectivity index (χ4n) is 2.51. The van der Waals surface area contributed by atoms with Gasteiger partial charge < -0.3 is 0 Å². The van der Waals surface area contributed by atoms with Gasteiger partial charge in [0.2, 0.25) is 0 Å². The molecule has 0 atom stereocenters. The Morgan fingerprint density at radius 2 is 1.28 bits per heavy atom. The van der Waals surface area contributed by atoms with Gasteiger partial charge in [-0.1, -0.05) is 0 Å². The van der Waals surface area contributed by atoms with Gasteiger partial charge in [-0.2, -0.15) is 0 Å². The predicted molar refractivity (Wildman–Crippen MR) is 81.8 cm³/mol. The van der Waals surface area contributed by atoms with Crippen molar-refractivity contribution < 1.29 is 4.79 Å². The van der Waals surface area contributed by atoms with Crippen LogP contribution in [0.5, 0.6) is 0 Å². The van der Waals surface area contributed by atoms with E-state index in [-0.39, 0.29) is 5.78 Å². The highest BCUT2D eigenvalue weighted by Gasteiger charge is 2.35. The summed E-state index contributed by atoms with van der Waals surface area (Å²) in [4.78, 5) is 15.1. The molecule has 0 radical (unpaired) electrons. The SMILES string of the molecule is O=C1c2c(sc3ccsc23)-c2sc3ccsc3c21. The molecular formula is C13H4OS4. The number of hydrogen-bond donors (Lipinski definition) is 0. The van der Waals surface area contributed by atoms with Gasteiger partial charge in [-0.25, -0.2) is 0 Å². The van der Waals surface area contributed by atoms with E-state index in [9.17, 15) is 4.79 Å². The summed E-state index contributed by atoms with van der Waals surface area (Å²) in [6.07, 6.45) is 0. The highest BCUT2D eigenvalue weighted by Crippen LogP contribution is 2.54. The standard InChI is InChI=1S/C13H4OS4/c14-9-7-10-5(1-3-15-10)17-12(7)13-8(9)11-6(18-13)2-4-16-11/h1-4H. The zero-order valence-electron chi connectivity index (χ0n) is 8.85. The minimum absolute atomic E-state index is 0.238. The van der Waals surface area contributed by atoms with Crippen molar-refractivity contribution in [3.63, 3.8) is 0 Å². The second kappa shape index (κ2) is 3.11. The molecule has 0 spiro atoms. The molecule has 0 saturated carbocycles. The second-order valence-electron chi connectivity index (χ2n) is 4.17. The summed E-state index contributed by atoms with van der Waals surface area (Å²) in [5, 5.41) is 4.14. The van der Waals surface area contributed by atoms with Crippen LogP contribution in [0.2, 0.25) is 0 Å². The molecule has 0 fully saturated rings. The average Bonchev–Trinajstić information content (AvgIpc) is 3.05. The zero-order valence-corrected chi connectivity index (χ0v) is 12.1. The molecule has 18 heavy (non-hydrogen) atoms. The average molecular weight is 304 g/mol. The molecule has 4 heterocycles. The number of fused-ring (bicyclic) bond motifs is 7. The van der Waals surface area contributed by atoms with Gasteiger partial charge in [0.05, 0.1) is 30.3 Å². The van der Waals surface area contributed by atoms with Gasteiger partial charge in [-0.15, -0.1) is 45.3 Å². The van der Waals surface area contributed by atoms with E-state index in [0.717, 1.165) is 11.1 Å². The Hall–Kier alpha value is -1.01. The Balaban J connectivity index is 2.01. The largest absolute Gasteiger partial charge is 0.288 e. The summed E-state index contributed by atoms with van der Waals surface area (Å²) in [6.45, 7) is 0. The molecule has 0 aromatic carbocycles. The molecule has 1 aliphatic carbocycles. The van der Waals surface area contributed by atoms with Crippen LogP contribution in [0.25, 0.3) is 28.6 Å². The first-order valence-electron chi connectivity index (χ1n) is 5.39. The van der Waals surface area contributed by atoms with Crippen LogP contribution in [-0.2, 0) is 0 Å². The Kier molecular flexibility index (Phi) is 1.70. The van der Waals surface area contributed by atoms with E-state index >= 15 is 0 Å². The predicted octanol–water partition coefficient (Wildman–Crippen LogP) is 5.45. The monoisotopic (exact) mass is 304 g/mol. The first-order valence-corrected chi connectivity index (χ1v) is 8.79. The van der Waals surface area contributed by atoms with Crippen molar-refractivity contribution in [1.29, 1.82) is 0 Å². The summed E-state index contributed by atoms with van der Waals surface area (Å²) < 4.78 is 4.85. The van der Waals surface area contributed by atoms with E-state index in [4.69, 9.17) is 0 Å². The molecule has 5 heteroatoms. The van der Waals surface area contributed by atoms with Crippen molar-refractivity contribution in [2.24, 2.45) is 0 Å². The van der Waals surface area contributed by atoms with Crippen LogP contribution < -0.4 is 0 Å². The van der Waals surface area contributed by atoms with E-state index in [1.165, 1.54) is 28.6 Å². The third-order valence-electron chi connectivity index (χ3n) is 3.25. The highest BCUT2D eigenvalue weighted by molar-refractivity contribution is 7.35. The van der Waals surface area contributed by atoms with E-state index in [0.29, 0.717) is 0 Å². The van der Waals surface area contributed by atoms with Crippen molar-refractivity contribution in [3.05, 3.63) is 34.0 Å². The van der Waals surface area contributed by atoms with Gasteiger partial charge in [0.15, 0.2) is 5.78 Å². The van der Waals surface area contributed by atoms with Gasteiger partial charge in [0.1, 0.15) is 0 Å². The third kappa shape index (κ3) is 0.970. The summed E-state index contributed by atoms with van der Waals surface area (Å²) >= 11 is 6.89. The molecule has 4 aromatic rings. The minimum atomic E-state index is 0.238. The maximum Gasteiger partial charge on any atom is 0.198 e. The Labute approximate surface area is 118 Å². The lowest BCUT2D eigenvalue weighted by Gasteiger charge is -1.89. The molecule has 0 unspecified atom stereocenters. The molecule has 0 saturated heterocycles. The maximum atomic E-state index is 12.7. The summed E-state index contributed by atoms with van der Waals surface area (Å²) in [5.41, 5.74) is 1.92. The number of rotatable bonds is 0. The summed E-state index contributed by atoms with van der Waals surface area (Å²) in [6, 6.07) is 4.23. The van der Waals surface area contributed by atoms with Gasteiger partial charge in [-0.3, -0.25) is 4.79 Å². The first-order chi connectivity index (χ1) is 8.84. The van der Waals surface area contributed by atoms with E-state index < -0.39 is 0 Å². The van der Waals surface area contributed by atoms with Crippen LogP contribution in [0.4, 0.5) is 0 Å². The topological polar surface area (TPSA) is 17.1 Å². The number of carbonyl (C=O) groups is 1. The number of hydrogen-bond acceptors (Lipinski definition) is 5. The van der Waals surface area contributed by atoms with Crippen molar-refractivity contribution in [2.45, 2.75) is 0 Å². The van der Waals surface area contributed by atoms with E-state index in [2.05, 4.69) is 22.9 Å². The van der Waals surface area contributed by atoms with Crippen molar-refractivity contribution in [2.75, 3.05) is 0 Å². The maximum absolute atomic E-state index is 12.7. The lowest BCUT2D eigenvalue weighted by atomic mass is 10.2. The Bertz CT molecular complexity index is 870. The lowest BCUT2D eigenvalue weighted by Crippen LogP contribution is -1.92. The third-order valence-corrected chi connectivity index (χ3v) is 7.85. The van der Waals surface area contributed by atoms with Crippen molar-refractivity contribution in [3.8, 4) is 9.75 Å². The molecule has 0 N–H and O–H groups in total. The molecule has 1 nitrogen and oxygen atoms in total. The molecule has 5 rings (SSSR count). The zero-order chi connectivity index (χ0) is 11.9. The molecule has 1 aliphatic rings. The first kappa shape index (κ1) is 9.86. The Morgan fingerprint density at radius 1 is 0.778 bits per heavy atom. The molecular weight excluding hydrogens is 300 g/mol.